The van der Waals surface area contributed by atoms with Crippen LogP contribution in [0, 0.1) is 12.3 Å². The molecule has 1 heterocycles. The summed E-state index contributed by atoms with van der Waals surface area (Å²) < 4.78 is 5.35. The van der Waals surface area contributed by atoms with Crippen LogP contribution in [0.2, 0.25) is 0 Å². The monoisotopic (exact) mass is 291 g/mol. The number of amides is 1. The first-order valence-electron chi connectivity index (χ1n) is 7.60. The minimum atomic E-state index is -0.147. The molecule has 1 atom stereocenters. The lowest BCUT2D eigenvalue weighted by atomic mass is 9.78. The normalized spacial score (nSPS) is 22.2. The van der Waals surface area contributed by atoms with Gasteiger partial charge < -0.3 is 14.7 Å². The van der Waals surface area contributed by atoms with Gasteiger partial charge in [-0.3, -0.25) is 4.79 Å². The third kappa shape index (κ3) is 3.21. The Morgan fingerprint density at radius 2 is 2.24 bits per heavy atom. The number of aryl methyl sites for hydroxylation is 1. The van der Waals surface area contributed by atoms with Gasteiger partial charge in [-0.05, 0) is 43.9 Å². The molecule has 1 aliphatic heterocycles. The summed E-state index contributed by atoms with van der Waals surface area (Å²) in [7, 11) is 1.59. The van der Waals surface area contributed by atoms with Crippen LogP contribution in [0.25, 0.3) is 0 Å². The largest absolute Gasteiger partial charge is 0.496 e. The summed E-state index contributed by atoms with van der Waals surface area (Å²) in [5, 5.41) is 9.69. The minimum absolute atomic E-state index is 0.00201. The zero-order valence-electron chi connectivity index (χ0n) is 13.2. The number of carbonyl (C=O) groups is 1. The summed E-state index contributed by atoms with van der Waals surface area (Å²) in [5.41, 5.74) is 1.53. The number of rotatable bonds is 4. The first kappa shape index (κ1) is 15.8. The van der Waals surface area contributed by atoms with E-state index in [1.165, 1.54) is 0 Å². The van der Waals surface area contributed by atoms with Crippen LogP contribution in [0.4, 0.5) is 0 Å². The van der Waals surface area contributed by atoms with Gasteiger partial charge >= 0.3 is 0 Å². The lowest BCUT2D eigenvalue weighted by Gasteiger charge is -2.41. The lowest BCUT2D eigenvalue weighted by molar-refractivity contribution is 0.0250. The predicted octanol–water partition coefficient (Wildman–Crippen LogP) is 2.63. The number of aliphatic hydroxyl groups is 1. The quantitative estimate of drug-likeness (QED) is 0.927. The Balaban J connectivity index is 2.24. The van der Waals surface area contributed by atoms with E-state index in [1.807, 2.05) is 30.0 Å². The predicted molar refractivity (Wildman–Crippen MR) is 82.7 cm³/mol. The molecule has 0 saturated carbocycles. The maximum Gasteiger partial charge on any atom is 0.257 e. The molecule has 116 valence electrons. The fraction of sp³-hybridized carbons (Fsp3) is 0.588. The van der Waals surface area contributed by atoms with E-state index >= 15 is 0 Å². The summed E-state index contributed by atoms with van der Waals surface area (Å²) in [6.45, 7) is 5.56. The van der Waals surface area contributed by atoms with Crippen molar-refractivity contribution in [3.8, 4) is 5.75 Å². The maximum atomic E-state index is 12.8. The van der Waals surface area contributed by atoms with Gasteiger partial charge in [0.25, 0.3) is 5.91 Å². The minimum Gasteiger partial charge on any atom is -0.496 e. The maximum absolute atomic E-state index is 12.8. The number of aliphatic hydroxyl groups excluding tert-OH is 1. The third-order valence-corrected chi connectivity index (χ3v) is 4.62. The zero-order chi connectivity index (χ0) is 15.5. The first-order chi connectivity index (χ1) is 10.0. The molecule has 1 aromatic carbocycles. The van der Waals surface area contributed by atoms with Crippen LogP contribution in [-0.2, 0) is 0 Å². The molecule has 1 fully saturated rings. The Hall–Kier alpha value is -1.55. The highest BCUT2D eigenvalue weighted by atomic mass is 16.5. The van der Waals surface area contributed by atoms with Gasteiger partial charge in [0.2, 0.25) is 0 Å². The average molecular weight is 291 g/mol. The molecular formula is C17H25NO3. The van der Waals surface area contributed by atoms with E-state index in [-0.39, 0.29) is 17.9 Å². The second-order valence-corrected chi connectivity index (χ2v) is 6.05. The molecule has 4 heteroatoms. The zero-order valence-corrected chi connectivity index (χ0v) is 13.2. The first-order valence-corrected chi connectivity index (χ1v) is 7.60. The number of hydrogen-bond donors (Lipinski definition) is 1. The van der Waals surface area contributed by atoms with Gasteiger partial charge in [0.1, 0.15) is 5.75 Å². The molecule has 0 spiro atoms. The number of benzene rings is 1. The van der Waals surface area contributed by atoms with E-state index in [0.29, 0.717) is 17.9 Å². The summed E-state index contributed by atoms with van der Waals surface area (Å²) in [5.74, 6) is 0.620. The van der Waals surface area contributed by atoms with Crippen LogP contribution in [0.5, 0.6) is 5.75 Å². The van der Waals surface area contributed by atoms with Gasteiger partial charge in [-0.25, -0.2) is 0 Å². The van der Waals surface area contributed by atoms with Crippen LogP contribution in [-0.4, -0.2) is 42.7 Å². The lowest BCUT2D eigenvalue weighted by Crippen LogP contribution is -2.47. The Morgan fingerprint density at radius 3 is 2.86 bits per heavy atom. The number of methoxy groups -OCH3 is 1. The number of piperidine rings is 1. The topological polar surface area (TPSA) is 49.8 Å². The molecule has 1 aromatic rings. The summed E-state index contributed by atoms with van der Waals surface area (Å²) >= 11 is 0. The fourth-order valence-electron chi connectivity index (χ4n) is 3.06. The molecule has 1 aliphatic rings. The Labute approximate surface area is 126 Å². The third-order valence-electron chi connectivity index (χ3n) is 4.62. The Bertz CT molecular complexity index is 509. The van der Waals surface area contributed by atoms with E-state index in [1.54, 1.807) is 7.11 Å². The van der Waals surface area contributed by atoms with E-state index in [9.17, 15) is 9.90 Å². The van der Waals surface area contributed by atoms with E-state index in [2.05, 4.69) is 6.92 Å². The summed E-state index contributed by atoms with van der Waals surface area (Å²) in [4.78, 5) is 14.6. The van der Waals surface area contributed by atoms with Gasteiger partial charge in [-0.1, -0.05) is 13.0 Å². The van der Waals surface area contributed by atoms with Crippen LogP contribution in [0.1, 0.15) is 42.1 Å². The molecule has 21 heavy (non-hydrogen) atoms. The fourth-order valence-corrected chi connectivity index (χ4v) is 3.06. The van der Waals surface area contributed by atoms with Crippen molar-refractivity contribution >= 4 is 5.91 Å². The molecule has 0 bridgehead atoms. The molecule has 4 nitrogen and oxygen atoms in total. The van der Waals surface area contributed by atoms with E-state index in [4.69, 9.17) is 4.74 Å². The number of hydrogen-bond acceptors (Lipinski definition) is 3. The number of nitrogens with zero attached hydrogens (tertiary/aromatic N) is 1. The van der Waals surface area contributed by atoms with Gasteiger partial charge in [-0.15, -0.1) is 0 Å². The van der Waals surface area contributed by atoms with Gasteiger partial charge in [0.05, 0.1) is 19.3 Å². The van der Waals surface area contributed by atoms with E-state index < -0.39 is 0 Å². The van der Waals surface area contributed by atoms with Crippen molar-refractivity contribution < 1.29 is 14.6 Å². The molecule has 1 N–H and O–H groups in total. The van der Waals surface area contributed by atoms with Crippen molar-refractivity contribution in [1.29, 1.82) is 0 Å². The van der Waals surface area contributed by atoms with Crippen molar-refractivity contribution in [3.63, 3.8) is 0 Å². The molecule has 2 rings (SSSR count). The highest BCUT2D eigenvalue weighted by Gasteiger charge is 2.36. The van der Waals surface area contributed by atoms with Crippen molar-refractivity contribution in [1.82, 2.24) is 4.90 Å². The SMILES string of the molecule is CCC1(CO)CCCN(C(=O)c2ccc(C)cc2OC)C1. The summed E-state index contributed by atoms with van der Waals surface area (Å²) in [6, 6.07) is 5.65. The highest BCUT2D eigenvalue weighted by molar-refractivity contribution is 5.97. The van der Waals surface area contributed by atoms with Crippen molar-refractivity contribution in [2.45, 2.75) is 33.1 Å². The van der Waals surface area contributed by atoms with Crippen molar-refractivity contribution in [2.24, 2.45) is 5.41 Å². The van der Waals surface area contributed by atoms with Crippen molar-refractivity contribution in [3.05, 3.63) is 29.3 Å². The molecular weight excluding hydrogens is 266 g/mol. The smallest absolute Gasteiger partial charge is 0.257 e. The van der Waals surface area contributed by atoms with Gasteiger partial charge in [-0.2, -0.15) is 0 Å². The van der Waals surface area contributed by atoms with E-state index in [0.717, 1.165) is 31.4 Å². The number of likely N-dealkylation sites (tertiary alicyclic amines) is 1. The Morgan fingerprint density at radius 1 is 1.48 bits per heavy atom. The van der Waals surface area contributed by atoms with Crippen LogP contribution in [0.3, 0.4) is 0 Å². The average Bonchev–Trinajstić information content (AvgIpc) is 2.54. The molecule has 0 aromatic heterocycles. The number of ether oxygens (including phenoxy) is 1. The van der Waals surface area contributed by atoms with Crippen LogP contribution >= 0.6 is 0 Å². The van der Waals surface area contributed by atoms with Crippen molar-refractivity contribution in [2.75, 3.05) is 26.8 Å². The number of carbonyl (C=O) groups excluding carboxylic acids is 1. The molecule has 1 amide bonds. The van der Waals surface area contributed by atoms with Crippen LogP contribution < -0.4 is 4.74 Å². The molecule has 0 radical (unpaired) electrons. The molecule has 1 saturated heterocycles. The molecule has 1 unspecified atom stereocenters. The highest BCUT2D eigenvalue weighted by Crippen LogP contribution is 2.34. The second-order valence-electron chi connectivity index (χ2n) is 6.05. The standard InChI is InChI=1S/C17H25NO3/c1-4-17(12-19)8-5-9-18(11-17)16(20)14-7-6-13(2)10-15(14)21-3/h6-7,10,19H,4-5,8-9,11-12H2,1-3H3. The second kappa shape index (κ2) is 6.48. The Kier molecular flexibility index (Phi) is 4.88. The van der Waals surface area contributed by atoms with Gasteiger partial charge in [0.15, 0.2) is 0 Å². The molecule has 0 aliphatic carbocycles. The summed E-state index contributed by atoms with van der Waals surface area (Å²) in [6.07, 6.45) is 2.81. The van der Waals surface area contributed by atoms with Crippen LogP contribution in [0.15, 0.2) is 18.2 Å². The van der Waals surface area contributed by atoms with Gasteiger partial charge in [0, 0.05) is 18.5 Å².